The average Bonchev–Trinajstić information content (AvgIpc) is 2.74. The molecule has 112 valence electrons. The Morgan fingerprint density at radius 3 is 2.45 bits per heavy atom. The summed E-state index contributed by atoms with van der Waals surface area (Å²) in [5.74, 6) is -2.10. The second kappa shape index (κ2) is 5.56. The highest BCUT2D eigenvalue weighted by Crippen LogP contribution is 2.19. The first kappa shape index (κ1) is 16.1. The van der Waals surface area contributed by atoms with E-state index in [1.807, 2.05) is 0 Å². The predicted molar refractivity (Wildman–Crippen MR) is 64.3 cm³/mol. The highest BCUT2D eigenvalue weighted by molar-refractivity contribution is 5.96. The maximum atomic E-state index is 12.3. The van der Waals surface area contributed by atoms with Crippen molar-refractivity contribution in [3.8, 4) is 0 Å². The number of rotatable bonds is 5. The highest BCUT2D eigenvalue weighted by atomic mass is 19.4. The van der Waals surface area contributed by atoms with Gasteiger partial charge < -0.3 is 15.0 Å². The molecule has 0 saturated carbocycles. The molecule has 0 aliphatic carbocycles. The van der Waals surface area contributed by atoms with Crippen LogP contribution in [0.15, 0.2) is 18.3 Å². The van der Waals surface area contributed by atoms with E-state index in [1.165, 1.54) is 19.1 Å². The van der Waals surface area contributed by atoms with Crippen molar-refractivity contribution in [3.63, 3.8) is 0 Å². The van der Waals surface area contributed by atoms with Gasteiger partial charge in [0.05, 0.1) is 0 Å². The molecular weight excluding hydrogens is 277 g/mol. The predicted octanol–water partition coefficient (Wildman–Crippen LogP) is 2.03. The van der Waals surface area contributed by atoms with Crippen molar-refractivity contribution in [3.05, 3.63) is 24.0 Å². The maximum Gasteiger partial charge on any atom is 0.406 e. The number of nitrogens with zero attached hydrogens (tertiary/aromatic N) is 1. The lowest BCUT2D eigenvalue weighted by molar-refractivity contribution is -0.144. The second-order valence-corrected chi connectivity index (χ2v) is 4.58. The molecule has 20 heavy (non-hydrogen) atoms. The van der Waals surface area contributed by atoms with Crippen LogP contribution in [-0.4, -0.2) is 33.3 Å². The second-order valence-electron chi connectivity index (χ2n) is 4.58. The molecule has 8 heteroatoms. The van der Waals surface area contributed by atoms with Crippen LogP contribution in [0.4, 0.5) is 13.2 Å². The molecule has 0 saturated heterocycles. The van der Waals surface area contributed by atoms with Crippen molar-refractivity contribution in [2.45, 2.75) is 38.5 Å². The van der Waals surface area contributed by atoms with Crippen LogP contribution in [0.25, 0.3) is 0 Å². The molecule has 1 aromatic heterocycles. The van der Waals surface area contributed by atoms with E-state index < -0.39 is 30.1 Å². The normalized spacial score (nSPS) is 14.7. The first-order valence-electron chi connectivity index (χ1n) is 5.87. The number of aliphatic carboxylic acids is 1. The van der Waals surface area contributed by atoms with E-state index in [1.54, 1.807) is 6.92 Å². The van der Waals surface area contributed by atoms with Gasteiger partial charge in [-0.15, -0.1) is 0 Å². The van der Waals surface area contributed by atoms with Crippen LogP contribution < -0.4 is 5.32 Å². The molecular formula is C12H15F3N2O3. The minimum atomic E-state index is -4.46. The number of halogens is 3. The van der Waals surface area contributed by atoms with Gasteiger partial charge >= 0.3 is 12.1 Å². The van der Waals surface area contributed by atoms with Crippen molar-refractivity contribution >= 4 is 11.9 Å². The molecule has 0 bridgehead atoms. The van der Waals surface area contributed by atoms with Crippen molar-refractivity contribution in [1.29, 1.82) is 0 Å². The minimum Gasteiger partial charge on any atom is -0.480 e. The SMILES string of the molecule is CCC(C)(NC(=O)c1cccn1CC(F)(F)F)C(=O)O. The molecule has 1 aromatic rings. The molecule has 1 amide bonds. The Morgan fingerprint density at radius 1 is 1.40 bits per heavy atom. The summed E-state index contributed by atoms with van der Waals surface area (Å²) >= 11 is 0. The molecule has 2 N–H and O–H groups in total. The summed E-state index contributed by atoms with van der Waals surface area (Å²) in [4.78, 5) is 23.0. The van der Waals surface area contributed by atoms with Crippen LogP contribution in [-0.2, 0) is 11.3 Å². The molecule has 0 radical (unpaired) electrons. The summed E-state index contributed by atoms with van der Waals surface area (Å²) < 4.78 is 37.8. The Morgan fingerprint density at radius 2 is 2.00 bits per heavy atom. The number of carboxylic acids is 1. The molecule has 0 fully saturated rings. The third-order valence-corrected chi connectivity index (χ3v) is 2.98. The third kappa shape index (κ3) is 3.75. The van der Waals surface area contributed by atoms with Gasteiger partial charge in [0.2, 0.25) is 0 Å². The van der Waals surface area contributed by atoms with E-state index in [9.17, 15) is 22.8 Å². The maximum absolute atomic E-state index is 12.3. The van der Waals surface area contributed by atoms with E-state index in [0.717, 1.165) is 10.8 Å². The van der Waals surface area contributed by atoms with E-state index in [4.69, 9.17) is 5.11 Å². The number of carboxylic acid groups (broad SMARTS) is 1. The Bertz CT molecular complexity index is 510. The quantitative estimate of drug-likeness (QED) is 0.872. The van der Waals surface area contributed by atoms with Crippen LogP contribution in [0, 0.1) is 0 Å². The molecule has 0 aliphatic heterocycles. The Kier molecular flexibility index (Phi) is 4.46. The molecule has 5 nitrogen and oxygen atoms in total. The summed E-state index contributed by atoms with van der Waals surface area (Å²) in [5.41, 5.74) is -1.76. The van der Waals surface area contributed by atoms with Crippen LogP contribution in [0.3, 0.4) is 0 Å². The average molecular weight is 292 g/mol. The Hall–Kier alpha value is -1.99. The van der Waals surface area contributed by atoms with Crippen molar-refractivity contribution in [2.24, 2.45) is 0 Å². The van der Waals surface area contributed by atoms with Gasteiger partial charge in [0.25, 0.3) is 5.91 Å². The van der Waals surface area contributed by atoms with E-state index >= 15 is 0 Å². The van der Waals surface area contributed by atoms with Crippen LogP contribution in [0.2, 0.25) is 0 Å². The fourth-order valence-corrected chi connectivity index (χ4v) is 1.56. The largest absolute Gasteiger partial charge is 0.480 e. The molecule has 0 aliphatic rings. The van der Waals surface area contributed by atoms with Gasteiger partial charge in [0, 0.05) is 6.20 Å². The van der Waals surface area contributed by atoms with Gasteiger partial charge in [-0.05, 0) is 25.5 Å². The smallest absolute Gasteiger partial charge is 0.406 e. The fourth-order valence-electron chi connectivity index (χ4n) is 1.56. The topological polar surface area (TPSA) is 71.3 Å². The van der Waals surface area contributed by atoms with Gasteiger partial charge in [0.1, 0.15) is 17.8 Å². The number of hydrogen-bond acceptors (Lipinski definition) is 2. The van der Waals surface area contributed by atoms with Crippen LogP contribution in [0.5, 0.6) is 0 Å². The summed E-state index contributed by atoms with van der Waals surface area (Å²) in [6.45, 7) is 1.55. The van der Waals surface area contributed by atoms with Crippen molar-refractivity contribution in [1.82, 2.24) is 9.88 Å². The number of nitrogens with one attached hydrogen (secondary N) is 1. The molecule has 1 rings (SSSR count). The number of aromatic nitrogens is 1. The summed E-state index contributed by atoms with van der Waals surface area (Å²) in [7, 11) is 0. The highest BCUT2D eigenvalue weighted by Gasteiger charge is 2.35. The van der Waals surface area contributed by atoms with Gasteiger partial charge in [-0.25, -0.2) is 4.79 Å². The lowest BCUT2D eigenvalue weighted by Gasteiger charge is -2.25. The summed E-state index contributed by atoms with van der Waals surface area (Å²) in [6.07, 6.45) is -3.24. The number of carbonyl (C=O) groups is 2. The minimum absolute atomic E-state index is 0.105. The van der Waals surface area contributed by atoms with Crippen molar-refractivity contribution < 1.29 is 27.9 Å². The Labute approximate surface area is 113 Å². The fraction of sp³-hybridized carbons (Fsp3) is 0.500. The molecule has 0 spiro atoms. The number of alkyl halides is 3. The van der Waals surface area contributed by atoms with Crippen LogP contribution >= 0.6 is 0 Å². The van der Waals surface area contributed by atoms with E-state index in [0.29, 0.717) is 0 Å². The van der Waals surface area contributed by atoms with E-state index in [-0.39, 0.29) is 12.1 Å². The lowest BCUT2D eigenvalue weighted by Crippen LogP contribution is -2.52. The zero-order valence-corrected chi connectivity index (χ0v) is 11.0. The molecule has 1 unspecified atom stereocenters. The number of amides is 1. The summed E-state index contributed by atoms with van der Waals surface area (Å²) in [5, 5.41) is 11.3. The van der Waals surface area contributed by atoms with Gasteiger partial charge in [0.15, 0.2) is 0 Å². The van der Waals surface area contributed by atoms with E-state index in [2.05, 4.69) is 5.32 Å². The first-order chi connectivity index (χ1) is 9.09. The van der Waals surface area contributed by atoms with Gasteiger partial charge in [-0.2, -0.15) is 13.2 Å². The number of hydrogen-bond donors (Lipinski definition) is 2. The zero-order chi connectivity index (χ0) is 15.6. The van der Waals surface area contributed by atoms with Crippen molar-refractivity contribution in [2.75, 3.05) is 0 Å². The Balaban J connectivity index is 2.94. The molecule has 0 aromatic carbocycles. The third-order valence-electron chi connectivity index (χ3n) is 2.98. The molecule has 1 atom stereocenters. The monoisotopic (exact) mass is 292 g/mol. The number of carbonyl (C=O) groups excluding carboxylic acids is 1. The standard InChI is InChI=1S/C12H15F3N2O3/c1-3-11(2,10(19)20)16-9(18)8-5-4-6-17(8)7-12(13,14)15/h4-6H,3,7H2,1-2H3,(H,16,18)(H,19,20). The lowest BCUT2D eigenvalue weighted by atomic mass is 9.99. The summed E-state index contributed by atoms with van der Waals surface area (Å²) in [6, 6.07) is 2.50. The van der Waals surface area contributed by atoms with Crippen LogP contribution in [0.1, 0.15) is 30.8 Å². The molecule has 1 heterocycles. The van der Waals surface area contributed by atoms with Gasteiger partial charge in [-0.1, -0.05) is 6.92 Å². The first-order valence-corrected chi connectivity index (χ1v) is 5.87. The zero-order valence-electron chi connectivity index (χ0n) is 11.0. The van der Waals surface area contributed by atoms with Gasteiger partial charge in [-0.3, -0.25) is 4.79 Å².